The molecule has 1 heterocycles. The van der Waals surface area contributed by atoms with Gasteiger partial charge in [0.15, 0.2) is 0 Å². The third-order valence-electron chi connectivity index (χ3n) is 9.52. The zero-order valence-electron chi connectivity index (χ0n) is 34.5. The van der Waals surface area contributed by atoms with E-state index in [-0.39, 0.29) is 0 Å². The fourth-order valence-corrected chi connectivity index (χ4v) is 7.29. The molecule has 1 aliphatic heterocycles. The molecule has 1 aromatic carbocycles. The predicted molar refractivity (Wildman–Crippen MR) is 233 cm³/mol. The summed E-state index contributed by atoms with van der Waals surface area (Å²) in [5.41, 5.74) is 17.0. The maximum Gasteiger partial charge on any atom is 0.109 e. The van der Waals surface area contributed by atoms with Crippen LogP contribution < -0.4 is 0 Å². The van der Waals surface area contributed by atoms with Crippen molar-refractivity contribution in [1.82, 2.24) is 14.7 Å². The lowest BCUT2D eigenvalue weighted by molar-refractivity contribution is 0.157. The van der Waals surface area contributed by atoms with Crippen LogP contribution >= 0.6 is 11.8 Å². The lowest BCUT2D eigenvalue weighted by atomic mass is 9.80. The maximum absolute atomic E-state index is 4.54. The third-order valence-corrected chi connectivity index (χ3v) is 10.3. The van der Waals surface area contributed by atoms with E-state index in [1.165, 1.54) is 31.3 Å². The van der Waals surface area contributed by atoms with Gasteiger partial charge >= 0.3 is 0 Å². The summed E-state index contributed by atoms with van der Waals surface area (Å²) in [5.74, 6) is 5.50. The first-order chi connectivity index (χ1) is 24.9. The molecule has 0 bridgehead atoms. The monoisotopic (exact) mass is 718 g/mol. The number of thioether (sulfide) groups is 1. The Labute approximate surface area is 323 Å². The number of benzene rings is 1. The average Bonchev–Trinajstić information content (AvgIpc) is 3.54. The smallest absolute Gasteiger partial charge is 0.109 e. The Morgan fingerprint density at radius 3 is 2.35 bits per heavy atom. The van der Waals surface area contributed by atoms with Crippen molar-refractivity contribution < 1.29 is 0 Å². The summed E-state index contributed by atoms with van der Waals surface area (Å²) in [6.07, 6.45) is 19.0. The number of rotatable bonds is 12. The van der Waals surface area contributed by atoms with Crippen LogP contribution in [0.4, 0.5) is 0 Å². The highest BCUT2D eigenvalue weighted by atomic mass is 32.2. The van der Waals surface area contributed by atoms with Gasteiger partial charge < -0.3 is 14.7 Å². The van der Waals surface area contributed by atoms with Gasteiger partial charge in [0.25, 0.3) is 0 Å². The summed E-state index contributed by atoms with van der Waals surface area (Å²) < 4.78 is 0. The van der Waals surface area contributed by atoms with Crippen molar-refractivity contribution in [1.29, 1.82) is 0 Å². The minimum absolute atomic E-state index is 0.361. The van der Waals surface area contributed by atoms with Crippen LogP contribution in [0.3, 0.4) is 0 Å². The molecular weight excluding hydrogens is 651 g/mol. The minimum atomic E-state index is 0.361. The van der Waals surface area contributed by atoms with E-state index in [0.29, 0.717) is 5.41 Å². The fourth-order valence-electron chi connectivity index (χ4n) is 6.57. The fraction of sp³-hybridized carbons (Fsp3) is 0.458. The Morgan fingerprint density at radius 2 is 1.77 bits per heavy atom. The van der Waals surface area contributed by atoms with Crippen LogP contribution in [0.5, 0.6) is 0 Å². The highest BCUT2D eigenvalue weighted by Gasteiger charge is 2.29. The molecule has 0 radical (unpaired) electrons. The van der Waals surface area contributed by atoms with E-state index >= 15 is 0 Å². The van der Waals surface area contributed by atoms with E-state index in [4.69, 9.17) is 0 Å². The van der Waals surface area contributed by atoms with Gasteiger partial charge in [-0.3, -0.25) is 0 Å². The Balaban J connectivity index is 0.00000178. The number of hydrogen-bond acceptors (Lipinski definition) is 4. The van der Waals surface area contributed by atoms with Gasteiger partial charge in [-0.1, -0.05) is 126 Å². The van der Waals surface area contributed by atoms with E-state index in [0.717, 1.165) is 83.3 Å². The summed E-state index contributed by atoms with van der Waals surface area (Å²) in [4.78, 5) is 7.15. The van der Waals surface area contributed by atoms with Crippen LogP contribution in [0.2, 0.25) is 0 Å². The largest absolute Gasteiger partial charge is 0.355 e. The molecule has 1 saturated heterocycles. The second-order valence-electron chi connectivity index (χ2n) is 14.2. The summed E-state index contributed by atoms with van der Waals surface area (Å²) in [6, 6.07) is 8.48. The van der Waals surface area contributed by atoms with Gasteiger partial charge in [-0.05, 0) is 123 Å². The Morgan fingerprint density at radius 1 is 1.08 bits per heavy atom. The summed E-state index contributed by atoms with van der Waals surface area (Å²) in [6.45, 7) is 32.2. The van der Waals surface area contributed by atoms with E-state index in [9.17, 15) is 0 Å². The summed E-state index contributed by atoms with van der Waals surface area (Å²) in [5, 5.41) is 3.39. The van der Waals surface area contributed by atoms with Gasteiger partial charge in [-0.25, -0.2) is 0 Å². The average molecular weight is 718 g/mol. The molecule has 0 amide bonds. The molecule has 280 valence electrons. The number of allylic oxidation sites excluding steroid dienone is 12. The Kier molecular flexibility index (Phi) is 19.6. The Hall–Kier alpha value is -3.83. The van der Waals surface area contributed by atoms with E-state index in [2.05, 4.69) is 162 Å². The molecule has 4 rings (SSSR count). The van der Waals surface area contributed by atoms with Crippen molar-refractivity contribution in [3.8, 4) is 11.2 Å². The van der Waals surface area contributed by atoms with Crippen LogP contribution in [-0.4, -0.2) is 60.7 Å². The molecular formula is C48H67N3S. The molecule has 1 aromatic rings. The molecule has 0 aromatic heterocycles. The molecule has 52 heavy (non-hydrogen) atoms. The predicted octanol–water partition coefficient (Wildman–Crippen LogP) is 12.3. The van der Waals surface area contributed by atoms with Crippen molar-refractivity contribution in [2.24, 2.45) is 5.41 Å². The normalized spacial score (nSPS) is 18.9. The van der Waals surface area contributed by atoms with Crippen molar-refractivity contribution in [2.45, 2.75) is 94.4 Å². The van der Waals surface area contributed by atoms with Gasteiger partial charge in [-0.2, -0.15) is 0 Å². The van der Waals surface area contributed by atoms with Crippen LogP contribution in [0.1, 0.15) is 106 Å². The molecule has 1 unspecified atom stereocenters. The summed E-state index contributed by atoms with van der Waals surface area (Å²) in [7, 11) is 4.34. The standard InChI is InChI=1S/C43H53N3S.C3H8.C2H6/c1-10-36-20-22-43(7,30-36)31-37(11-2)32-47-27-21-38-16-15-19-40(29-38)34(5)28-41(46-25-23-44(8)24-26-46)45(9)35(6)42(33(3)4)39-17-13-12-14-18-39;1-3-2;1-2/h11,13,15-20,28-29H,3,5,10,22-26,30-32H2,1-2,4,6-9H3;3H2,1-2H3;1-2H3/b37-11-,41-28+,42-35+;;. The van der Waals surface area contributed by atoms with Crippen molar-refractivity contribution in [3.05, 3.63) is 136 Å². The first kappa shape index (κ1) is 44.3. The molecule has 3 nitrogen and oxygen atoms in total. The van der Waals surface area contributed by atoms with Crippen LogP contribution in [0.25, 0.3) is 5.57 Å². The Bertz CT molecular complexity index is 1700. The second-order valence-corrected chi connectivity index (χ2v) is 15.0. The molecule has 4 heteroatoms. The quantitative estimate of drug-likeness (QED) is 0.0921. The van der Waals surface area contributed by atoms with E-state index in [1.807, 2.05) is 26.0 Å². The number of nitrogens with zero attached hydrogens (tertiary/aromatic N) is 3. The molecule has 1 atom stereocenters. The van der Waals surface area contributed by atoms with Crippen molar-refractivity contribution in [2.75, 3.05) is 46.0 Å². The van der Waals surface area contributed by atoms with Crippen LogP contribution in [0, 0.1) is 16.6 Å². The lowest BCUT2D eigenvalue weighted by Gasteiger charge is -2.40. The van der Waals surface area contributed by atoms with Crippen LogP contribution in [-0.2, 0) is 0 Å². The summed E-state index contributed by atoms with van der Waals surface area (Å²) >= 11 is 1.71. The van der Waals surface area contributed by atoms with Gasteiger partial charge in [0.05, 0.1) is 0 Å². The number of piperazine rings is 1. The topological polar surface area (TPSA) is 9.72 Å². The van der Waals surface area contributed by atoms with Crippen molar-refractivity contribution >= 4 is 17.3 Å². The molecule has 2 aliphatic carbocycles. The van der Waals surface area contributed by atoms with Crippen molar-refractivity contribution in [3.63, 3.8) is 0 Å². The first-order valence-electron chi connectivity index (χ1n) is 19.3. The highest BCUT2D eigenvalue weighted by Crippen LogP contribution is 2.43. The van der Waals surface area contributed by atoms with Gasteiger partial charge in [0.2, 0.25) is 0 Å². The molecule has 3 aliphatic rings. The first-order valence-corrected chi connectivity index (χ1v) is 20.3. The lowest BCUT2D eigenvalue weighted by Crippen LogP contribution is -2.46. The van der Waals surface area contributed by atoms with Crippen LogP contribution in [0.15, 0.2) is 125 Å². The number of likely N-dealkylation sites (N-methyl/N-ethyl adjacent to an activating group) is 1. The maximum atomic E-state index is 4.54. The third kappa shape index (κ3) is 13.6. The second kappa shape index (κ2) is 23.0. The van der Waals surface area contributed by atoms with Gasteiger partial charge in [0, 0.05) is 55.8 Å². The van der Waals surface area contributed by atoms with E-state index < -0.39 is 0 Å². The zero-order chi connectivity index (χ0) is 38.7. The molecule has 0 N–H and O–H groups in total. The zero-order valence-corrected chi connectivity index (χ0v) is 35.3. The van der Waals surface area contributed by atoms with E-state index in [1.54, 1.807) is 17.3 Å². The SMILES string of the molecule is C=C(C)/C(C1=CC=C=C=C1)=C(/C)N(C)/C(=C\C(=C)c1cccc(C#CSC/C(=C\C)CC2(C)CC=C(CC)C2)c1)N1CCN(C)CC1.CC.CCC. The minimum Gasteiger partial charge on any atom is -0.355 e. The molecule has 0 saturated carbocycles. The number of hydrogen-bond donors (Lipinski definition) is 0. The highest BCUT2D eigenvalue weighted by molar-refractivity contribution is 8.04. The molecule has 1 fully saturated rings. The molecule has 0 spiro atoms. The van der Waals surface area contributed by atoms with Gasteiger partial charge in [0.1, 0.15) is 5.82 Å². The van der Waals surface area contributed by atoms with Gasteiger partial charge in [-0.15, -0.1) is 0 Å².